The monoisotopic (exact) mass is 421 g/mol. The number of benzene rings is 3. The zero-order chi connectivity index (χ0) is 18.8. The zero-order valence-electron chi connectivity index (χ0n) is 14.3. The highest BCUT2D eigenvalue weighted by Gasteiger charge is 2.28. The van der Waals surface area contributed by atoms with E-state index >= 15 is 0 Å². The molecule has 4 nitrogen and oxygen atoms in total. The van der Waals surface area contributed by atoms with E-state index < -0.39 is 0 Å². The number of carbonyl (C=O) groups excluding carboxylic acids is 2. The van der Waals surface area contributed by atoms with E-state index in [-0.39, 0.29) is 18.0 Å². The summed E-state index contributed by atoms with van der Waals surface area (Å²) in [5.74, 6) is -0.569. The molecule has 1 N–H and O–H groups in total. The number of carbonyl (C=O) groups is 2. The Morgan fingerprint density at radius 1 is 1.00 bits per heavy atom. The van der Waals surface area contributed by atoms with Crippen molar-refractivity contribution < 1.29 is 14.3 Å². The lowest BCUT2D eigenvalue weighted by molar-refractivity contribution is 0.0252. The first-order valence-corrected chi connectivity index (χ1v) is 9.35. The van der Waals surface area contributed by atoms with E-state index in [1.165, 1.54) is 0 Å². The highest BCUT2D eigenvalue weighted by atomic mass is 79.9. The van der Waals surface area contributed by atoms with Gasteiger partial charge in [0.2, 0.25) is 0 Å². The van der Waals surface area contributed by atoms with Crippen molar-refractivity contribution in [2.24, 2.45) is 0 Å². The van der Waals surface area contributed by atoms with E-state index in [0.29, 0.717) is 23.2 Å². The van der Waals surface area contributed by atoms with Crippen molar-refractivity contribution in [1.29, 1.82) is 0 Å². The van der Waals surface area contributed by atoms with Crippen LogP contribution in [0.25, 0.3) is 0 Å². The Balaban J connectivity index is 1.58. The molecule has 0 fully saturated rings. The molecule has 1 heterocycles. The Kier molecular flexibility index (Phi) is 4.77. The Bertz CT molecular complexity index is 1000. The smallest absolute Gasteiger partial charge is 0.339 e. The quantitative estimate of drug-likeness (QED) is 0.594. The number of rotatable bonds is 3. The number of nitrogens with one attached hydrogen (secondary N) is 1. The van der Waals surface area contributed by atoms with Crippen molar-refractivity contribution >= 4 is 33.5 Å². The summed E-state index contributed by atoms with van der Waals surface area (Å²) in [5, 5.41) is 2.87. The molecule has 0 unspecified atom stereocenters. The Hall–Kier alpha value is -2.92. The molecule has 1 amide bonds. The van der Waals surface area contributed by atoms with Gasteiger partial charge in [-0.2, -0.15) is 0 Å². The molecule has 5 heteroatoms. The van der Waals surface area contributed by atoms with Crippen LogP contribution < -0.4 is 5.32 Å². The number of anilines is 1. The second-order valence-corrected chi connectivity index (χ2v) is 7.26. The van der Waals surface area contributed by atoms with Gasteiger partial charge in [0.1, 0.15) is 6.10 Å². The Morgan fingerprint density at radius 3 is 2.48 bits per heavy atom. The highest BCUT2D eigenvalue weighted by molar-refractivity contribution is 9.10. The molecule has 3 aromatic rings. The fourth-order valence-corrected chi connectivity index (χ4v) is 3.39. The number of halogens is 1. The van der Waals surface area contributed by atoms with Gasteiger partial charge in [-0.1, -0.05) is 46.3 Å². The van der Waals surface area contributed by atoms with Gasteiger partial charge in [-0.15, -0.1) is 0 Å². The van der Waals surface area contributed by atoms with Crippen molar-refractivity contribution in [2.75, 3.05) is 5.32 Å². The number of fused-ring (bicyclic) bond motifs is 1. The van der Waals surface area contributed by atoms with Crippen molar-refractivity contribution in [3.05, 3.63) is 99.5 Å². The third kappa shape index (κ3) is 3.78. The summed E-state index contributed by atoms with van der Waals surface area (Å²) in [7, 11) is 0. The first kappa shape index (κ1) is 17.5. The van der Waals surface area contributed by atoms with Gasteiger partial charge >= 0.3 is 5.97 Å². The molecule has 4 rings (SSSR count). The third-order valence-electron chi connectivity index (χ3n) is 4.52. The maximum absolute atomic E-state index is 12.6. The normalized spacial score (nSPS) is 15.6. The van der Waals surface area contributed by atoms with E-state index in [2.05, 4.69) is 21.2 Å². The molecule has 0 radical (unpaired) electrons. The summed E-state index contributed by atoms with van der Waals surface area (Å²) >= 11 is 3.37. The summed E-state index contributed by atoms with van der Waals surface area (Å²) in [6.45, 7) is 0. The van der Waals surface area contributed by atoms with Gasteiger partial charge in [-0.3, -0.25) is 4.79 Å². The fraction of sp³-hybridized carbons (Fsp3) is 0.0909. The lowest BCUT2D eigenvalue weighted by atomic mass is 9.93. The Labute approximate surface area is 165 Å². The van der Waals surface area contributed by atoms with Crippen LogP contribution in [-0.4, -0.2) is 11.9 Å². The lowest BCUT2D eigenvalue weighted by Gasteiger charge is -2.25. The number of cyclic esters (lactones) is 1. The second-order valence-electron chi connectivity index (χ2n) is 6.34. The number of hydrogen-bond donors (Lipinski definition) is 1. The van der Waals surface area contributed by atoms with Crippen molar-refractivity contribution in [3.8, 4) is 0 Å². The van der Waals surface area contributed by atoms with Crippen LogP contribution >= 0.6 is 15.9 Å². The SMILES string of the molecule is O=C(Nc1ccc(Br)cc1)c1ccc2c(c1)C[C@H](c1ccccc1)OC2=O. The minimum Gasteiger partial charge on any atom is -0.454 e. The van der Waals surface area contributed by atoms with Gasteiger partial charge in [-0.05, 0) is 53.6 Å². The molecule has 0 aliphatic carbocycles. The summed E-state index contributed by atoms with van der Waals surface area (Å²) in [5.41, 5.74) is 3.51. The molecule has 0 spiro atoms. The predicted molar refractivity (Wildman–Crippen MR) is 107 cm³/mol. The largest absolute Gasteiger partial charge is 0.454 e. The summed E-state index contributed by atoms with van der Waals surface area (Å²) in [4.78, 5) is 24.9. The van der Waals surface area contributed by atoms with Crippen LogP contribution in [0.1, 0.15) is 37.9 Å². The molecule has 1 aliphatic rings. The Morgan fingerprint density at radius 2 is 1.74 bits per heavy atom. The summed E-state index contributed by atoms with van der Waals surface area (Å²) < 4.78 is 6.51. The van der Waals surface area contributed by atoms with Gasteiger partial charge < -0.3 is 10.1 Å². The molecule has 3 aromatic carbocycles. The average molecular weight is 422 g/mol. The standard InChI is InChI=1S/C22H16BrNO3/c23-17-7-9-18(10-8-17)24-21(25)15-6-11-19-16(12-15)13-20(27-22(19)26)14-4-2-1-3-5-14/h1-12,20H,13H2,(H,24,25)/t20-/m1/s1. The maximum Gasteiger partial charge on any atom is 0.339 e. The third-order valence-corrected chi connectivity index (χ3v) is 5.04. The first-order chi connectivity index (χ1) is 13.1. The van der Waals surface area contributed by atoms with Gasteiger partial charge in [0.25, 0.3) is 5.91 Å². The zero-order valence-corrected chi connectivity index (χ0v) is 15.9. The number of amides is 1. The minimum absolute atomic E-state index is 0.213. The molecule has 0 saturated carbocycles. The van der Waals surface area contributed by atoms with Gasteiger partial charge in [-0.25, -0.2) is 4.79 Å². The van der Waals surface area contributed by atoms with Crippen LogP contribution in [0.3, 0.4) is 0 Å². The first-order valence-electron chi connectivity index (χ1n) is 8.56. The van der Waals surface area contributed by atoms with Crippen molar-refractivity contribution in [1.82, 2.24) is 0 Å². The molecule has 134 valence electrons. The van der Waals surface area contributed by atoms with Crippen LogP contribution in [-0.2, 0) is 11.2 Å². The van der Waals surface area contributed by atoms with Crippen LogP contribution in [0.2, 0.25) is 0 Å². The number of ether oxygens (including phenoxy) is 1. The summed E-state index contributed by atoms with van der Waals surface area (Å²) in [6.07, 6.45) is 0.209. The minimum atomic E-state index is -0.357. The van der Waals surface area contributed by atoms with Crippen LogP contribution in [0, 0.1) is 0 Å². The molecule has 27 heavy (non-hydrogen) atoms. The fourth-order valence-electron chi connectivity index (χ4n) is 3.13. The second kappa shape index (κ2) is 7.37. The van der Waals surface area contributed by atoms with Crippen LogP contribution in [0.5, 0.6) is 0 Å². The number of esters is 1. The molecule has 0 aromatic heterocycles. The predicted octanol–water partition coefficient (Wildman–Crippen LogP) is 5.16. The van der Waals surface area contributed by atoms with Crippen LogP contribution in [0.15, 0.2) is 77.3 Å². The van der Waals surface area contributed by atoms with Gasteiger partial charge in [0.15, 0.2) is 0 Å². The van der Waals surface area contributed by atoms with E-state index in [9.17, 15) is 9.59 Å². The van der Waals surface area contributed by atoms with E-state index in [1.807, 2.05) is 54.6 Å². The van der Waals surface area contributed by atoms with E-state index in [1.54, 1.807) is 18.2 Å². The van der Waals surface area contributed by atoms with Crippen LogP contribution in [0.4, 0.5) is 5.69 Å². The molecular weight excluding hydrogens is 406 g/mol. The molecule has 0 saturated heterocycles. The van der Waals surface area contributed by atoms with Gasteiger partial charge in [0.05, 0.1) is 5.56 Å². The van der Waals surface area contributed by atoms with Crippen molar-refractivity contribution in [3.63, 3.8) is 0 Å². The molecular formula is C22H16BrNO3. The topological polar surface area (TPSA) is 55.4 Å². The molecule has 0 bridgehead atoms. The molecule has 1 aliphatic heterocycles. The molecule has 1 atom stereocenters. The summed E-state index contributed by atoms with van der Waals surface area (Å²) in [6, 6.07) is 22.1. The highest BCUT2D eigenvalue weighted by Crippen LogP contribution is 2.31. The van der Waals surface area contributed by atoms with E-state index in [0.717, 1.165) is 15.6 Å². The average Bonchev–Trinajstić information content (AvgIpc) is 2.70. The lowest BCUT2D eigenvalue weighted by Crippen LogP contribution is -2.23. The number of hydrogen-bond acceptors (Lipinski definition) is 3. The maximum atomic E-state index is 12.6. The van der Waals surface area contributed by atoms with Gasteiger partial charge in [0, 0.05) is 22.1 Å². The van der Waals surface area contributed by atoms with E-state index in [4.69, 9.17) is 4.74 Å². The van der Waals surface area contributed by atoms with Crippen molar-refractivity contribution in [2.45, 2.75) is 12.5 Å².